The molecule has 160 valence electrons. The van der Waals surface area contributed by atoms with Crippen LogP contribution >= 0.6 is 0 Å². The van der Waals surface area contributed by atoms with Crippen LogP contribution in [0.25, 0.3) is 0 Å². The third-order valence-corrected chi connectivity index (χ3v) is 5.08. The number of alkyl halides is 3. The van der Waals surface area contributed by atoms with Crippen LogP contribution in [0.5, 0.6) is 0 Å². The number of halogens is 3. The Hall–Kier alpha value is -1.27. The molecule has 0 radical (unpaired) electrons. The minimum absolute atomic E-state index is 0.0330. The van der Waals surface area contributed by atoms with Gasteiger partial charge in [0.2, 0.25) is 0 Å². The minimum atomic E-state index is -4.43. The van der Waals surface area contributed by atoms with Gasteiger partial charge in [0, 0.05) is 0 Å². The van der Waals surface area contributed by atoms with E-state index in [1.54, 1.807) is 6.92 Å². The van der Waals surface area contributed by atoms with E-state index in [4.69, 9.17) is 4.74 Å². The summed E-state index contributed by atoms with van der Waals surface area (Å²) in [6, 6.07) is 0. The molecule has 0 bridgehead atoms. The van der Waals surface area contributed by atoms with Crippen molar-refractivity contribution in [2.24, 2.45) is 11.3 Å². The van der Waals surface area contributed by atoms with Gasteiger partial charge in [-0.2, -0.15) is 13.2 Å². The first kappa shape index (κ1) is 25.7. The van der Waals surface area contributed by atoms with Crippen molar-refractivity contribution in [3.8, 4) is 0 Å². The monoisotopic (exact) mass is 396 g/mol. The van der Waals surface area contributed by atoms with Gasteiger partial charge in [-0.05, 0) is 59.3 Å². The number of carbonyl (C=O) groups is 2. The van der Waals surface area contributed by atoms with Gasteiger partial charge in [0.15, 0.2) is 6.61 Å². The molecule has 1 unspecified atom stereocenters. The summed E-state index contributed by atoms with van der Waals surface area (Å²) in [4.78, 5) is 22.6. The molecule has 7 heteroatoms. The number of hydrogen-bond acceptors (Lipinski definition) is 4. The van der Waals surface area contributed by atoms with Crippen LogP contribution in [0.15, 0.2) is 0 Å². The van der Waals surface area contributed by atoms with Gasteiger partial charge in [-0.25, -0.2) is 0 Å². The molecule has 1 rings (SSSR count). The van der Waals surface area contributed by atoms with Crippen LogP contribution in [0.2, 0.25) is 0 Å². The van der Waals surface area contributed by atoms with Crippen LogP contribution in [0.3, 0.4) is 0 Å². The molecule has 0 spiro atoms. The van der Waals surface area contributed by atoms with E-state index in [0.29, 0.717) is 6.42 Å². The molecule has 27 heavy (non-hydrogen) atoms. The quantitative estimate of drug-likeness (QED) is 0.530. The predicted octanol–water partition coefficient (Wildman–Crippen LogP) is 5.83. The van der Waals surface area contributed by atoms with Crippen molar-refractivity contribution in [2.45, 2.75) is 98.3 Å². The summed E-state index contributed by atoms with van der Waals surface area (Å²) in [5.41, 5.74) is -0.526. The van der Waals surface area contributed by atoms with Crippen molar-refractivity contribution in [1.82, 2.24) is 0 Å². The first-order chi connectivity index (χ1) is 12.3. The topological polar surface area (TPSA) is 52.6 Å². The standard InChI is InChI=1S/C13H24O2.C7H11F3O2/c1-5-12(2,3)11(14)15-13(4)9-7-6-8-10-13;1-3-5(2)6(11)12-4-7(8,9)10/h5-10H2,1-4H3;5H,3-4H2,1-2H3. The Morgan fingerprint density at radius 3 is 2.00 bits per heavy atom. The smallest absolute Gasteiger partial charge is 0.422 e. The molecule has 0 aliphatic heterocycles. The third kappa shape index (κ3) is 10.6. The molecule has 0 heterocycles. The molecule has 0 aromatic rings. The van der Waals surface area contributed by atoms with Gasteiger partial charge in [0.1, 0.15) is 5.60 Å². The van der Waals surface area contributed by atoms with Gasteiger partial charge in [-0.3, -0.25) is 9.59 Å². The number of rotatable bonds is 6. The molecule has 1 fully saturated rings. The van der Waals surface area contributed by atoms with E-state index >= 15 is 0 Å². The van der Waals surface area contributed by atoms with E-state index in [1.165, 1.54) is 26.2 Å². The molecule has 0 aromatic carbocycles. The maximum atomic E-state index is 11.9. The third-order valence-electron chi connectivity index (χ3n) is 5.08. The molecular formula is C20H35F3O4. The van der Waals surface area contributed by atoms with E-state index in [0.717, 1.165) is 19.3 Å². The van der Waals surface area contributed by atoms with E-state index in [1.807, 2.05) is 20.8 Å². The van der Waals surface area contributed by atoms with E-state index in [9.17, 15) is 22.8 Å². The largest absolute Gasteiger partial charge is 0.459 e. The average molecular weight is 396 g/mol. The lowest BCUT2D eigenvalue weighted by Gasteiger charge is -2.36. The van der Waals surface area contributed by atoms with Crippen molar-refractivity contribution < 1.29 is 32.2 Å². The maximum absolute atomic E-state index is 11.9. The zero-order chi connectivity index (χ0) is 21.3. The highest BCUT2D eigenvalue weighted by molar-refractivity contribution is 5.76. The molecule has 1 aliphatic carbocycles. The van der Waals surface area contributed by atoms with Crippen LogP contribution in [-0.2, 0) is 19.1 Å². The number of carbonyl (C=O) groups excluding carboxylic acids is 2. The molecule has 1 atom stereocenters. The highest BCUT2D eigenvalue weighted by Crippen LogP contribution is 2.34. The number of esters is 2. The normalized spacial score (nSPS) is 18.0. The Bertz CT molecular complexity index is 466. The summed E-state index contributed by atoms with van der Waals surface area (Å²) in [7, 11) is 0. The molecule has 1 aliphatic rings. The van der Waals surface area contributed by atoms with E-state index in [2.05, 4.69) is 11.7 Å². The minimum Gasteiger partial charge on any atom is -0.459 e. The van der Waals surface area contributed by atoms with Crippen molar-refractivity contribution in [3.05, 3.63) is 0 Å². The van der Waals surface area contributed by atoms with Crippen molar-refractivity contribution in [1.29, 1.82) is 0 Å². The lowest BCUT2D eigenvalue weighted by Crippen LogP contribution is -2.38. The van der Waals surface area contributed by atoms with Gasteiger partial charge >= 0.3 is 18.1 Å². The van der Waals surface area contributed by atoms with Crippen molar-refractivity contribution in [3.63, 3.8) is 0 Å². The first-order valence-electron chi connectivity index (χ1n) is 9.73. The van der Waals surface area contributed by atoms with Gasteiger partial charge in [0.25, 0.3) is 0 Å². The second kappa shape index (κ2) is 10.9. The second-order valence-corrected chi connectivity index (χ2v) is 8.17. The highest BCUT2D eigenvalue weighted by Gasteiger charge is 2.36. The Morgan fingerprint density at radius 1 is 1.07 bits per heavy atom. The Labute approximate surface area is 161 Å². The van der Waals surface area contributed by atoms with Crippen LogP contribution in [0.4, 0.5) is 13.2 Å². The zero-order valence-corrected chi connectivity index (χ0v) is 17.5. The first-order valence-corrected chi connectivity index (χ1v) is 9.73. The van der Waals surface area contributed by atoms with E-state index < -0.39 is 24.7 Å². The molecule has 0 aromatic heterocycles. The Kier molecular flexibility index (Phi) is 10.4. The lowest BCUT2D eigenvalue weighted by atomic mass is 9.85. The van der Waals surface area contributed by atoms with Gasteiger partial charge < -0.3 is 9.47 Å². The van der Waals surface area contributed by atoms with Crippen molar-refractivity contribution in [2.75, 3.05) is 6.61 Å². The number of ether oxygens (including phenoxy) is 2. The molecular weight excluding hydrogens is 361 g/mol. The lowest BCUT2D eigenvalue weighted by molar-refractivity contribution is -0.188. The van der Waals surface area contributed by atoms with Crippen LogP contribution in [0.1, 0.15) is 86.5 Å². The second-order valence-electron chi connectivity index (χ2n) is 8.17. The molecule has 0 amide bonds. The maximum Gasteiger partial charge on any atom is 0.422 e. The van der Waals surface area contributed by atoms with Gasteiger partial charge in [-0.15, -0.1) is 0 Å². The Morgan fingerprint density at radius 2 is 1.59 bits per heavy atom. The molecule has 0 saturated heterocycles. The number of hydrogen-bond donors (Lipinski definition) is 0. The van der Waals surface area contributed by atoms with Crippen LogP contribution < -0.4 is 0 Å². The summed E-state index contributed by atoms with van der Waals surface area (Å²) in [5.74, 6) is -1.29. The zero-order valence-electron chi connectivity index (χ0n) is 17.5. The molecule has 4 nitrogen and oxygen atoms in total. The summed E-state index contributed by atoms with van der Waals surface area (Å²) in [6.07, 6.45) is 2.61. The van der Waals surface area contributed by atoms with Crippen molar-refractivity contribution >= 4 is 11.9 Å². The summed E-state index contributed by atoms with van der Waals surface area (Å²) in [5, 5.41) is 0. The summed E-state index contributed by atoms with van der Waals surface area (Å²) in [6.45, 7) is 9.78. The molecule has 0 N–H and O–H groups in total. The fourth-order valence-electron chi connectivity index (χ4n) is 2.37. The van der Waals surface area contributed by atoms with E-state index in [-0.39, 0.29) is 17.0 Å². The fraction of sp³-hybridized carbons (Fsp3) is 0.900. The average Bonchev–Trinajstić information content (AvgIpc) is 2.59. The SMILES string of the molecule is CCC(C)(C)C(=O)OC1(C)CCCCC1.CCC(C)C(=O)OCC(F)(F)F. The Balaban J connectivity index is 0.000000516. The van der Waals surface area contributed by atoms with Gasteiger partial charge in [0.05, 0.1) is 11.3 Å². The summed E-state index contributed by atoms with van der Waals surface area (Å²) >= 11 is 0. The predicted molar refractivity (Wildman–Crippen MR) is 98.1 cm³/mol. The highest BCUT2D eigenvalue weighted by atomic mass is 19.4. The van der Waals surface area contributed by atoms with Crippen LogP contribution in [0, 0.1) is 11.3 Å². The van der Waals surface area contributed by atoms with Gasteiger partial charge in [-0.1, -0.05) is 27.2 Å². The summed E-state index contributed by atoms with van der Waals surface area (Å²) < 4.78 is 44.2. The van der Waals surface area contributed by atoms with Crippen LogP contribution in [-0.4, -0.2) is 30.3 Å². The fourth-order valence-corrected chi connectivity index (χ4v) is 2.37. The molecule has 1 saturated carbocycles.